The van der Waals surface area contributed by atoms with Crippen molar-refractivity contribution < 1.29 is 8.42 Å². The van der Waals surface area contributed by atoms with Gasteiger partial charge in [0, 0.05) is 6.54 Å². The number of nitrogens with one attached hydrogen (secondary N) is 1. The second-order valence-electron chi connectivity index (χ2n) is 3.33. The molecule has 18 heavy (non-hydrogen) atoms. The summed E-state index contributed by atoms with van der Waals surface area (Å²) in [5.74, 6) is 1.95. The average molecular weight is 291 g/mol. The van der Waals surface area contributed by atoms with E-state index in [1.54, 1.807) is 0 Å². The van der Waals surface area contributed by atoms with Gasteiger partial charge in [0.25, 0.3) is 5.56 Å². The molecule has 98 valence electrons. The van der Waals surface area contributed by atoms with Gasteiger partial charge in [-0.25, -0.2) is 18.2 Å². The zero-order chi connectivity index (χ0) is 13.8. The molecule has 0 aliphatic heterocycles. The summed E-state index contributed by atoms with van der Waals surface area (Å²) in [6.07, 6.45) is 6.33. The van der Waals surface area contributed by atoms with Crippen LogP contribution in [0.2, 0.25) is 5.02 Å². The summed E-state index contributed by atoms with van der Waals surface area (Å²) in [6, 6.07) is 0. The Morgan fingerprint density at radius 2 is 2.28 bits per heavy atom. The molecule has 0 saturated heterocycles. The maximum atomic E-state index is 11.8. The molecule has 0 unspecified atom stereocenters. The lowest BCUT2D eigenvalue weighted by Crippen LogP contribution is -2.28. The molecule has 0 bridgehead atoms. The molecule has 7 nitrogen and oxygen atoms in total. The summed E-state index contributed by atoms with van der Waals surface area (Å²) in [5.41, 5.74) is -0.472. The van der Waals surface area contributed by atoms with Gasteiger partial charge in [0.15, 0.2) is 0 Å². The number of rotatable bonds is 5. The van der Waals surface area contributed by atoms with Gasteiger partial charge in [-0.1, -0.05) is 17.5 Å². The first-order valence-corrected chi connectivity index (χ1v) is 6.88. The Balaban J connectivity index is 2.92. The quantitative estimate of drug-likeness (QED) is 0.693. The number of terminal acetylenes is 1. The van der Waals surface area contributed by atoms with Crippen LogP contribution in [0.5, 0.6) is 0 Å². The van der Waals surface area contributed by atoms with Crippen LogP contribution in [-0.2, 0) is 16.6 Å². The van der Waals surface area contributed by atoms with Crippen LogP contribution in [0.25, 0.3) is 0 Å². The van der Waals surface area contributed by atoms with Gasteiger partial charge in [0.1, 0.15) is 12.2 Å². The van der Waals surface area contributed by atoms with Gasteiger partial charge in [-0.05, 0) is 0 Å². The van der Waals surface area contributed by atoms with Gasteiger partial charge < -0.3 is 5.32 Å². The number of halogens is 1. The summed E-state index contributed by atoms with van der Waals surface area (Å²) in [5, 5.41) is 11.3. The molecular formula is C9H11ClN4O3S. The van der Waals surface area contributed by atoms with Crippen molar-refractivity contribution in [3.05, 3.63) is 21.6 Å². The van der Waals surface area contributed by atoms with E-state index in [1.807, 2.05) is 0 Å². The van der Waals surface area contributed by atoms with Crippen LogP contribution in [-0.4, -0.2) is 30.5 Å². The molecule has 1 aromatic rings. The number of anilines is 1. The third-order valence-corrected chi connectivity index (χ3v) is 2.99. The maximum Gasteiger partial charge on any atom is 0.292 e. The molecule has 0 aromatic carbocycles. The molecule has 0 amide bonds. The van der Waals surface area contributed by atoms with Gasteiger partial charge in [0.2, 0.25) is 10.0 Å². The van der Waals surface area contributed by atoms with E-state index in [9.17, 15) is 13.2 Å². The second-order valence-corrected chi connectivity index (χ2v) is 5.47. The van der Waals surface area contributed by atoms with Crippen molar-refractivity contribution in [2.45, 2.75) is 6.54 Å². The number of hydrogen-bond acceptors (Lipinski definition) is 5. The third kappa shape index (κ3) is 4.03. The summed E-state index contributed by atoms with van der Waals surface area (Å²) < 4.78 is 22.5. The minimum absolute atomic E-state index is 0.000129. The largest absolute Gasteiger partial charge is 0.378 e. The van der Waals surface area contributed by atoms with Crippen LogP contribution in [0.4, 0.5) is 5.69 Å². The van der Waals surface area contributed by atoms with E-state index in [2.05, 4.69) is 16.3 Å². The highest BCUT2D eigenvalue weighted by Gasteiger charge is 2.10. The van der Waals surface area contributed by atoms with Gasteiger partial charge in [-0.2, -0.15) is 5.10 Å². The van der Waals surface area contributed by atoms with Crippen LogP contribution in [0.1, 0.15) is 0 Å². The Morgan fingerprint density at radius 1 is 1.61 bits per heavy atom. The Labute approximate surface area is 109 Å². The third-order valence-electron chi connectivity index (χ3n) is 1.93. The fourth-order valence-corrected chi connectivity index (χ4v) is 1.72. The van der Waals surface area contributed by atoms with Crippen molar-refractivity contribution in [2.75, 3.05) is 17.6 Å². The summed E-state index contributed by atoms with van der Waals surface area (Å²) in [4.78, 5) is 11.8. The minimum atomic E-state index is -3.60. The van der Waals surface area contributed by atoms with Crippen LogP contribution >= 0.6 is 11.6 Å². The highest BCUT2D eigenvalue weighted by atomic mass is 35.5. The van der Waals surface area contributed by atoms with Crippen LogP contribution in [0, 0.1) is 12.3 Å². The van der Waals surface area contributed by atoms with Crippen LogP contribution < -0.4 is 16.0 Å². The minimum Gasteiger partial charge on any atom is -0.378 e. The molecule has 1 aromatic heterocycles. The molecule has 1 heterocycles. The summed E-state index contributed by atoms with van der Waals surface area (Å²) in [7, 11) is -3.60. The zero-order valence-corrected chi connectivity index (χ0v) is 10.8. The number of primary sulfonamides is 1. The van der Waals surface area contributed by atoms with E-state index >= 15 is 0 Å². The molecule has 1 rings (SSSR count). The number of sulfonamides is 1. The van der Waals surface area contributed by atoms with E-state index in [4.69, 9.17) is 23.2 Å². The number of aromatic nitrogens is 2. The number of hydrogen-bond donors (Lipinski definition) is 2. The van der Waals surface area contributed by atoms with E-state index in [1.165, 1.54) is 6.20 Å². The smallest absolute Gasteiger partial charge is 0.292 e. The average Bonchev–Trinajstić information content (AvgIpc) is 2.26. The van der Waals surface area contributed by atoms with Crippen LogP contribution in [0.15, 0.2) is 11.0 Å². The fourth-order valence-electron chi connectivity index (χ4n) is 1.15. The molecule has 0 atom stereocenters. The van der Waals surface area contributed by atoms with Gasteiger partial charge in [0.05, 0.1) is 17.0 Å². The van der Waals surface area contributed by atoms with E-state index in [0.29, 0.717) is 0 Å². The van der Waals surface area contributed by atoms with Crippen molar-refractivity contribution in [3.63, 3.8) is 0 Å². The SMILES string of the molecule is C#CCn1ncc(Cl)c(NCCS(N)(=O)=O)c1=O. The molecule has 0 aliphatic carbocycles. The molecule has 0 fully saturated rings. The van der Waals surface area contributed by atoms with E-state index in [0.717, 1.165) is 4.68 Å². The Bertz CT molecular complexity index is 632. The Hall–Kier alpha value is -1.56. The molecule has 9 heteroatoms. The number of nitrogens with zero attached hydrogens (tertiary/aromatic N) is 2. The highest BCUT2D eigenvalue weighted by molar-refractivity contribution is 7.89. The predicted molar refractivity (Wildman–Crippen MR) is 68.8 cm³/mol. The lowest BCUT2D eigenvalue weighted by molar-refractivity contribution is 0.598. The first-order chi connectivity index (χ1) is 8.35. The molecule has 0 saturated carbocycles. The standard InChI is InChI=1S/C9H11ClN4O3S/c1-2-4-14-9(15)8(7(10)6-13-14)12-3-5-18(11,16)17/h1,6,12H,3-5H2,(H2,11,16,17). The van der Waals surface area contributed by atoms with Gasteiger partial charge >= 0.3 is 0 Å². The molecular weight excluding hydrogens is 280 g/mol. The van der Waals surface area contributed by atoms with Gasteiger partial charge in [-0.3, -0.25) is 4.79 Å². The molecule has 3 N–H and O–H groups in total. The van der Waals surface area contributed by atoms with Crippen LogP contribution in [0.3, 0.4) is 0 Å². The highest BCUT2D eigenvalue weighted by Crippen LogP contribution is 2.14. The first kappa shape index (κ1) is 14.5. The normalized spacial score (nSPS) is 10.9. The molecule has 0 aliphatic rings. The second kappa shape index (κ2) is 5.86. The first-order valence-electron chi connectivity index (χ1n) is 4.78. The lowest BCUT2D eigenvalue weighted by atomic mass is 10.4. The topological polar surface area (TPSA) is 107 Å². The Kier molecular flexibility index (Phi) is 4.72. The fraction of sp³-hybridized carbons (Fsp3) is 0.333. The summed E-state index contributed by atoms with van der Waals surface area (Å²) >= 11 is 5.78. The van der Waals surface area contributed by atoms with Crippen molar-refractivity contribution in [1.82, 2.24) is 9.78 Å². The Morgan fingerprint density at radius 3 is 2.83 bits per heavy atom. The monoisotopic (exact) mass is 290 g/mol. The van der Waals surface area contributed by atoms with Crippen molar-refractivity contribution in [1.29, 1.82) is 0 Å². The maximum absolute atomic E-state index is 11.8. The lowest BCUT2D eigenvalue weighted by Gasteiger charge is -2.08. The van der Waals surface area contributed by atoms with Crippen molar-refractivity contribution in [2.24, 2.45) is 5.14 Å². The predicted octanol–water partition coefficient (Wildman–Crippen LogP) is -0.770. The van der Waals surface area contributed by atoms with Crippen molar-refractivity contribution in [3.8, 4) is 12.3 Å². The van der Waals surface area contributed by atoms with Crippen molar-refractivity contribution >= 4 is 27.3 Å². The van der Waals surface area contributed by atoms with E-state index in [-0.39, 0.29) is 29.6 Å². The summed E-state index contributed by atoms with van der Waals surface area (Å²) in [6.45, 7) is -0.0340. The zero-order valence-electron chi connectivity index (χ0n) is 9.26. The van der Waals surface area contributed by atoms with E-state index < -0.39 is 15.6 Å². The molecule has 0 spiro atoms. The molecule has 0 radical (unpaired) electrons. The number of nitrogens with two attached hydrogens (primary N) is 1. The van der Waals surface area contributed by atoms with Gasteiger partial charge in [-0.15, -0.1) is 6.42 Å².